The molecule has 4 nitrogen and oxygen atoms in total. The second-order valence-corrected chi connectivity index (χ2v) is 6.21. The van der Waals surface area contributed by atoms with Crippen LogP contribution >= 0.6 is 11.3 Å². The molecule has 0 saturated heterocycles. The third-order valence-electron chi connectivity index (χ3n) is 3.47. The van der Waals surface area contributed by atoms with E-state index in [2.05, 4.69) is 34.6 Å². The van der Waals surface area contributed by atoms with Crippen molar-refractivity contribution < 1.29 is 4.74 Å². The summed E-state index contributed by atoms with van der Waals surface area (Å²) in [5.41, 5.74) is 5.06. The molecule has 0 amide bonds. The Hall–Kier alpha value is -2.40. The Kier molecular flexibility index (Phi) is 4.06. The number of nitrogens with zero attached hydrogens (tertiary/aromatic N) is 2. The molecule has 2 aromatic carbocycles. The molecule has 0 bridgehead atoms. The molecule has 0 atom stereocenters. The van der Waals surface area contributed by atoms with Gasteiger partial charge in [-0.05, 0) is 48.4 Å². The summed E-state index contributed by atoms with van der Waals surface area (Å²) in [6, 6.07) is 12.2. The Labute approximate surface area is 133 Å². The van der Waals surface area contributed by atoms with E-state index in [9.17, 15) is 0 Å². The summed E-state index contributed by atoms with van der Waals surface area (Å²) >= 11 is 1.61. The third-order valence-corrected chi connectivity index (χ3v) is 4.45. The van der Waals surface area contributed by atoms with Crippen LogP contribution in [0.1, 0.15) is 16.1 Å². The van der Waals surface area contributed by atoms with Gasteiger partial charge in [0.1, 0.15) is 5.75 Å². The van der Waals surface area contributed by atoms with E-state index in [0.29, 0.717) is 0 Å². The Balaban J connectivity index is 1.77. The van der Waals surface area contributed by atoms with Gasteiger partial charge in [0.15, 0.2) is 0 Å². The quantitative estimate of drug-likeness (QED) is 0.575. The highest BCUT2D eigenvalue weighted by Crippen LogP contribution is 2.22. The topological polar surface area (TPSA) is 46.5 Å². The Morgan fingerprint density at radius 1 is 1.14 bits per heavy atom. The van der Waals surface area contributed by atoms with Gasteiger partial charge in [0.2, 0.25) is 5.13 Å². The predicted octanol–water partition coefficient (Wildman–Crippen LogP) is 4.37. The molecule has 0 aliphatic heterocycles. The van der Waals surface area contributed by atoms with E-state index in [1.165, 1.54) is 4.88 Å². The van der Waals surface area contributed by atoms with Gasteiger partial charge in [-0.3, -0.25) is 5.43 Å². The first-order chi connectivity index (χ1) is 10.7. The highest BCUT2D eigenvalue weighted by atomic mass is 32.1. The van der Waals surface area contributed by atoms with Crippen LogP contribution in [0.15, 0.2) is 41.5 Å². The normalized spacial score (nSPS) is 11.2. The summed E-state index contributed by atoms with van der Waals surface area (Å²) in [7, 11) is 1.68. The first-order valence-corrected chi connectivity index (χ1v) is 7.78. The van der Waals surface area contributed by atoms with E-state index in [1.54, 1.807) is 24.7 Å². The summed E-state index contributed by atoms with van der Waals surface area (Å²) in [5.74, 6) is 0.866. The lowest BCUT2D eigenvalue weighted by Crippen LogP contribution is -1.90. The minimum Gasteiger partial charge on any atom is -0.497 e. The molecular formula is C17H17N3OS. The van der Waals surface area contributed by atoms with E-state index >= 15 is 0 Å². The number of hydrogen-bond donors (Lipinski definition) is 1. The lowest BCUT2D eigenvalue weighted by molar-refractivity contribution is 0.415. The molecular weight excluding hydrogens is 294 g/mol. The molecule has 0 fully saturated rings. The number of thiazole rings is 1. The van der Waals surface area contributed by atoms with Gasteiger partial charge in [0.25, 0.3) is 0 Å². The first-order valence-electron chi connectivity index (χ1n) is 6.96. The van der Waals surface area contributed by atoms with Gasteiger partial charge in [0.05, 0.1) is 19.0 Å². The fourth-order valence-electron chi connectivity index (χ4n) is 2.13. The second kappa shape index (κ2) is 6.15. The van der Waals surface area contributed by atoms with Crippen molar-refractivity contribution in [2.45, 2.75) is 13.8 Å². The molecule has 22 heavy (non-hydrogen) atoms. The van der Waals surface area contributed by atoms with Crippen LogP contribution in [0.5, 0.6) is 5.75 Å². The van der Waals surface area contributed by atoms with Crippen LogP contribution in [0.3, 0.4) is 0 Å². The maximum Gasteiger partial charge on any atom is 0.203 e. The lowest BCUT2D eigenvalue weighted by atomic mass is 10.1. The van der Waals surface area contributed by atoms with E-state index < -0.39 is 0 Å². The van der Waals surface area contributed by atoms with Gasteiger partial charge < -0.3 is 4.74 Å². The Bertz CT molecular complexity index is 820. The number of fused-ring (bicyclic) bond motifs is 1. The molecule has 112 valence electrons. The lowest BCUT2D eigenvalue weighted by Gasteiger charge is -2.03. The summed E-state index contributed by atoms with van der Waals surface area (Å²) in [6.07, 6.45) is 1.80. The summed E-state index contributed by atoms with van der Waals surface area (Å²) in [6.45, 7) is 4.05. The largest absolute Gasteiger partial charge is 0.497 e. The average molecular weight is 311 g/mol. The van der Waals surface area contributed by atoms with Crippen molar-refractivity contribution >= 4 is 33.5 Å². The number of benzene rings is 2. The molecule has 0 saturated carbocycles. The SMILES string of the molecule is COc1ccc2cc(/C=N/Nc3nc(C)c(C)s3)ccc2c1. The third kappa shape index (κ3) is 3.09. The monoisotopic (exact) mass is 311 g/mol. The number of nitrogens with one attached hydrogen (secondary N) is 1. The van der Waals surface area contributed by atoms with Crippen molar-refractivity contribution in [3.8, 4) is 5.75 Å². The number of ether oxygens (including phenoxy) is 1. The van der Waals surface area contributed by atoms with Gasteiger partial charge >= 0.3 is 0 Å². The Morgan fingerprint density at radius 2 is 1.91 bits per heavy atom. The van der Waals surface area contributed by atoms with Crippen LogP contribution in [0, 0.1) is 13.8 Å². The Morgan fingerprint density at radius 3 is 2.64 bits per heavy atom. The van der Waals surface area contributed by atoms with Crippen LogP contribution in [0.2, 0.25) is 0 Å². The van der Waals surface area contributed by atoms with Crippen molar-refractivity contribution in [1.29, 1.82) is 0 Å². The summed E-state index contributed by atoms with van der Waals surface area (Å²) in [4.78, 5) is 5.60. The van der Waals surface area contributed by atoms with Crippen LogP contribution < -0.4 is 10.2 Å². The summed E-state index contributed by atoms with van der Waals surface area (Å²) in [5, 5.41) is 7.38. The smallest absolute Gasteiger partial charge is 0.203 e. The molecule has 1 aromatic heterocycles. The van der Waals surface area contributed by atoms with Crippen molar-refractivity contribution in [1.82, 2.24) is 4.98 Å². The van der Waals surface area contributed by atoms with Crippen LogP contribution in [-0.4, -0.2) is 18.3 Å². The highest BCUT2D eigenvalue weighted by Gasteiger charge is 2.01. The second-order valence-electron chi connectivity index (χ2n) is 5.00. The average Bonchev–Trinajstić information content (AvgIpc) is 2.85. The zero-order valence-corrected chi connectivity index (χ0v) is 13.6. The fourth-order valence-corrected chi connectivity index (χ4v) is 2.90. The standard InChI is InChI=1S/C17H17N3OS/c1-11-12(2)22-17(19-11)20-18-10-13-4-5-15-9-16(21-3)7-6-14(15)8-13/h4-10H,1-3H3,(H,19,20)/b18-10+. The summed E-state index contributed by atoms with van der Waals surface area (Å²) < 4.78 is 5.24. The number of anilines is 1. The molecule has 1 N–H and O–H groups in total. The van der Waals surface area contributed by atoms with Gasteiger partial charge in [-0.2, -0.15) is 5.10 Å². The number of aromatic nitrogens is 1. The zero-order chi connectivity index (χ0) is 15.5. The molecule has 0 aliphatic carbocycles. The zero-order valence-electron chi connectivity index (χ0n) is 12.8. The molecule has 1 heterocycles. The van der Waals surface area contributed by atoms with Crippen molar-refractivity contribution in [2.24, 2.45) is 5.10 Å². The predicted molar refractivity (Wildman–Crippen MR) is 93.3 cm³/mol. The molecule has 0 radical (unpaired) electrons. The fraction of sp³-hybridized carbons (Fsp3) is 0.176. The van der Waals surface area contributed by atoms with E-state index in [-0.39, 0.29) is 0 Å². The molecule has 0 unspecified atom stereocenters. The molecule has 3 rings (SSSR count). The molecule has 3 aromatic rings. The van der Waals surface area contributed by atoms with Crippen LogP contribution in [0.25, 0.3) is 10.8 Å². The van der Waals surface area contributed by atoms with E-state index in [4.69, 9.17) is 4.74 Å². The molecule has 0 aliphatic rings. The number of methoxy groups -OCH3 is 1. The molecule has 0 spiro atoms. The maximum atomic E-state index is 5.24. The van der Waals surface area contributed by atoms with Gasteiger partial charge in [-0.15, -0.1) is 11.3 Å². The molecule has 5 heteroatoms. The number of aryl methyl sites for hydroxylation is 2. The van der Waals surface area contributed by atoms with Crippen LogP contribution in [0.4, 0.5) is 5.13 Å². The number of hydrazone groups is 1. The van der Waals surface area contributed by atoms with Crippen molar-refractivity contribution in [2.75, 3.05) is 12.5 Å². The van der Waals surface area contributed by atoms with E-state index in [0.717, 1.165) is 32.9 Å². The number of hydrogen-bond acceptors (Lipinski definition) is 5. The minimum absolute atomic E-state index is 0.816. The van der Waals surface area contributed by atoms with Crippen molar-refractivity contribution in [3.63, 3.8) is 0 Å². The van der Waals surface area contributed by atoms with Crippen molar-refractivity contribution in [3.05, 3.63) is 52.5 Å². The minimum atomic E-state index is 0.816. The highest BCUT2D eigenvalue weighted by molar-refractivity contribution is 7.15. The van der Waals surface area contributed by atoms with E-state index in [1.807, 2.05) is 31.2 Å². The van der Waals surface area contributed by atoms with Gasteiger partial charge in [-0.25, -0.2) is 4.98 Å². The van der Waals surface area contributed by atoms with Gasteiger partial charge in [0, 0.05) is 4.88 Å². The van der Waals surface area contributed by atoms with Gasteiger partial charge in [-0.1, -0.05) is 18.2 Å². The first kappa shape index (κ1) is 14.5. The maximum absolute atomic E-state index is 5.24. The number of rotatable bonds is 4. The van der Waals surface area contributed by atoms with Crippen LogP contribution in [-0.2, 0) is 0 Å².